The fourth-order valence-electron chi connectivity index (χ4n) is 4.07. The van der Waals surface area contributed by atoms with Crippen molar-refractivity contribution in [2.45, 2.75) is 26.2 Å². The van der Waals surface area contributed by atoms with Gasteiger partial charge in [-0.2, -0.15) is 10.2 Å². The molecule has 0 radical (unpaired) electrons. The van der Waals surface area contributed by atoms with Crippen molar-refractivity contribution in [3.05, 3.63) is 119 Å². The molecular formula is C26H25N5. The molecule has 5 rings (SSSR count). The van der Waals surface area contributed by atoms with Gasteiger partial charge in [-0.15, -0.1) is 0 Å². The second-order valence-corrected chi connectivity index (χ2v) is 7.92. The second-order valence-electron chi connectivity index (χ2n) is 7.92. The molecular weight excluding hydrogens is 382 g/mol. The van der Waals surface area contributed by atoms with Crippen LogP contribution in [0.3, 0.4) is 0 Å². The van der Waals surface area contributed by atoms with Gasteiger partial charge in [-0.3, -0.25) is 0 Å². The smallest absolute Gasteiger partial charge is 0.166 e. The fraction of sp³-hybridized carbons (Fsp3) is 0.154. The molecule has 0 amide bonds. The van der Waals surface area contributed by atoms with Gasteiger partial charge in [0.15, 0.2) is 6.17 Å². The molecule has 3 N–H and O–H groups in total. The van der Waals surface area contributed by atoms with E-state index in [2.05, 4.69) is 107 Å². The van der Waals surface area contributed by atoms with Crippen molar-refractivity contribution in [2.75, 3.05) is 0 Å². The number of nitrogens with zero attached hydrogens (tertiary/aromatic N) is 2. The summed E-state index contributed by atoms with van der Waals surface area (Å²) in [6, 6.07) is 25.2. The lowest BCUT2D eigenvalue weighted by Gasteiger charge is -2.22. The monoisotopic (exact) mass is 407 g/mol. The Bertz CT molecular complexity index is 1210. The Balaban J connectivity index is 1.35. The summed E-state index contributed by atoms with van der Waals surface area (Å²) in [6.45, 7) is 4.24. The molecule has 154 valence electrons. The standard InChI is InChI=1S/C26H25N5/c1-17-8-3-5-12-21(17)25-27-15-23(29-25)19-10-7-11-20(14-19)24-16-28-31-26(30-24)22-13-6-4-9-18(22)2/h3-16,25-27,29-30H,1-2H3. The zero-order valence-corrected chi connectivity index (χ0v) is 17.6. The van der Waals surface area contributed by atoms with Crippen LogP contribution < -0.4 is 16.0 Å². The summed E-state index contributed by atoms with van der Waals surface area (Å²) >= 11 is 0. The van der Waals surface area contributed by atoms with Gasteiger partial charge in [0, 0.05) is 11.8 Å². The average molecular weight is 408 g/mol. The second kappa shape index (κ2) is 8.11. The lowest BCUT2D eigenvalue weighted by atomic mass is 10.0. The maximum absolute atomic E-state index is 4.39. The van der Waals surface area contributed by atoms with Gasteiger partial charge in [-0.25, -0.2) is 0 Å². The Hall–Kier alpha value is -3.86. The first kappa shape index (κ1) is 19.1. The number of rotatable bonds is 4. The van der Waals surface area contributed by atoms with Crippen molar-refractivity contribution in [1.29, 1.82) is 0 Å². The van der Waals surface area contributed by atoms with Crippen LogP contribution in [0.5, 0.6) is 0 Å². The zero-order chi connectivity index (χ0) is 21.2. The maximum atomic E-state index is 4.39. The van der Waals surface area contributed by atoms with E-state index in [0.29, 0.717) is 0 Å². The minimum absolute atomic E-state index is 0.0751. The number of nitrogens with one attached hydrogen (secondary N) is 3. The van der Waals surface area contributed by atoms with Crippen molar-refractivity contribution in [3.8, 4) is 0 Å². The molecule has 2 unspecified atom stereocenters. The topological polar surface area (TPSA) is 60.8 Å². The van der Waals surface area contributed by atoms with Gasteiger partial charge in [-0.05, 0) is 47.7 Å². The van der Waals surface area contributed by atoms with E-state index >= 15 is 0 Å². The number of aryl methyl sites for hydroxylation is 2. The summed E-state index contributed by atoms with van der Waals surface area (Å²) in [7, 11) is 0. The third-order valence-electron chi connectivity index (χ3n) is 5.82. The highest BCUT2D eigenvalue weighted by molar-refractivity contribution is 5.72. The molecule has 0 fully saturated rings. The summed E-state index contributed by atoms with van der Waals surface area (Å²) in [5, 5.41) is 19.3. The summed E-state index contributed by atoms with van der Waals surface area (Å²) in [4.78, 5) is 0. The van der Waals surface area contributed by atoms with E-state index < -0.39 is 0 Å². The molecule has 0 aromatic heterocycles. The van der Waals surface area contributed by atoms with E-state index in [1.165, 1.54) is 16.7 Å². The molecule has 0 aliphatic carbocycles. The summed E-state index contributed by atoms with van der Waals surface area (Å²) in [5.41, 5.74) is 9.09. The summed E-state index contributed by atoms with van der Waals surface area (Å²) in [6.07, 6.45) is 3.74. The largest absolute Gasteiger partial charge is 0.366 e. The van der Waals surface area contributed by atoms with E-state index in [4.69, 9.17) is 0 Å². The van der Waals surface area contributed by atoms with Gasteiger partial charge in [0.25, 0.3) is 0 Å². The van der Waals surface area contributed by atoms with Crippen LogP contribution in [-0.2, 0) is 0 Å². The van der Waals surface area contributed by atoms with E-state index in [9.17, 15) is 0 Å². The fourth-order valence-corrected chi connectivity index (χ4v) is 4.07. The average Bonchev–Trinajstić information content (AvgIpc) is 3.30. The number of azo groups is 1. The van der Waals surface area contributed by atoms with Crippen LogP contribution in [0, 0.1) is 13.8 Å². The molecule has 5 heteroatoms. The molecule has 3 aromatic rings. The zero-order valence-electron chi connectivity index (χ0n) is 17.6. The molecule has 0 saturated carbocycles. The van der Waals surface area contributed by atoms with Crippen LogP contribution in [0.4, 0.5) is 0 Å². The van der Waals surface area contributed by atoms with Gasteiger partial charge >= 0.3 is 0 Å². The maximum Gasteiger partial charge on any atom is 0.166 e. The molecule has 3 aromatic carbocycles. The van der Waals surface area contributed by atoms with Crippen LogP contribution in [0.15, 0.2) is 95.4 Å². The Labute approximate surface area is 182 Å². The van der Waals surface area contributed by atoms with Crippen LogP contribution in [-0.4, -0.2) is 0 Å². The van der Waals surface area contributed by atoms with E-state index in [-0.39, 0.29) is 12.3 Å². The summed E-state index contributed by atoms with van der Waals surface area (Å²) < 4.78 is 0. The third kappa shape index (κ3) is 3.82. The minimum atomic E-state index is -0.180. The molecule has 5 nitrogen and oxygen atoms in total. The number of hydrogen-bond donors (Lipinski definition) is 3. The number of benzene rings is 3. The molecule has 0 bridgehead atoms. The first-order chi connectivity index (χ1) is 15.2. The molecule has 2 aliphatic rings. The van der Waals surface area contributed by atoms with Gasteiger partial charge in [0.2, 0.25) is 0 Å². The van der Waals surface area contributed by atoms with Crippen LogP contribution >= 0.6 is 0 Å². The molecule has 0 saturated heterocycles. The van der Waals surface area contributed by atoms with Crippen molar-refractivity contribution >= 4 is 11.4 Å². The van der Waals surface area contributed by atoms with Crippen molar-refractivity contribution in [3.63, 3.8) is 0 Å². The van der Waals surface area contributed by atoms with Crippen LogP contribution in [0.1, 0.15) is 45.7 Å². The molecule has 2 aliphatic heterocycles. The van der Waals surface area contributed by atoms with Crippen LogP contribution in [0.25, 0.3) is 11.4 Å². The molecule has 0 spiro atoms. The highest BCUT2D eigenvalue weighted by Gasteiger charge is 2.21. The van der Waals surface area contributed by atoms with E-state index in [1.807, 2.05) is 12.1 Å². The lowest BCUT2D eigenvalue weighted by Crippen LogP contribution is -2.23. The third-order valence-corrected chi connectivity index (χ3v) is 5.82. The van der Waals surface area contributed by atoms with Gasteiger partial charge in [0.1, 0.15) is 6.17 Å². The van der Waals surface area contributed by atoms with Crippen LogP contribution in [0.2, 0.25) is 0 Å². The quantitative estimate of drug-likeness (QED) is 0.532. The summed E-state index contributed by atoms with van der Waals surface area (Å²) in [5.74, 6) is 0. The van der Waals surface area contributed by atoms with Crippen molar-refractivity contribution in [2.24, 2.45) is 10.2 Å². The lowest BCUT2D eigenvalue weighted by molar-refractivity contribution is 0.610. The van der Waals surface area contributed by atoms with Gasteiger partial charge in [0.05, 0.1) is 17.6 Å². The highest BCUT2D eigenvalue weighted by atomic mass is 15.2. The predicted octanol–water partition coefficient (Wildman–Crippen LogP) is 5.55. The molecule has 2 heterocycles. The van der Waals surface area contributed by atoms with Crippen molar-refractivity contribution < 1.29 is 0 Å². The predicted molar refractivity (Wildman–Crippen MR) is 124 cm³/mol. The SMILES string of the molecule is Cc1ccccc1C1N=NC=C(c2cccc(C3=CNC(c4ccccc4C)N3)c2)N1. The Morgan fingerprint density at radius 1 is 0.710 bits per heavy atom. The first-order valence-corrected chi connectivity index (χ1v) is 10.5. The van der Waals surface area contributed by atoms with E-state index in [1.54, 1.807) is 6.20 Å². The van der Waals surface area contributed by atoms with Crippen molar-refractivity contribution in [1.82, 2.24) is 16.0 Å². The normalized spacial score (nSPS) is 19.7. The Morgan fingerprint density at radius 2 is 1.39 bits per heavy atom. The first-order valence-electron chi connectivity index (χ1n) is 10.5. The van der Waals surface area contributed by atoms with E-state index in [0.717, 1.165) is 28.1 Å². The Morgan fingerprint density at radius 3 is 2.13 bits per heavy atom. The minimum Gasteiger partial charge on any atom is -0.366 e. The van der Waals surface area contributed by atoms with Gasteiger partial charge in [-0.1, -0.05) is 66.7 Å². The van der Waals surface area contributed by atoms with Gasteiger partial charge < -0.3 is 16.0 Å². The number of hydrogen-bond acceptors (Lipinski definition) is 5. The Kier molecular flexibility index (Phi) is 5.00. The molecule has 2 atom stereocenters. The molecule has 31 heavy (non-hydrogen) atoms. The highest BCUT2D eigenvalue weighted by Crippen LogP contribution is 2.29.